The quantitative estimate of drug-likeness (QED) is 0.172. The third kappa shape index (κ3) is 5.84. The van der Waals surface area contributed by atoms with Gasteiger partial charge in [0.15, 0.2) is 0 Å². The highest BCUT2D eigenvalue weighted by Crippen LogP contribution is 2.51. The van der Waals surface area contributed by atoms with Gasteiger partial charge in [-0.3, -0.25) is 0 Å². The second-order valence-electron chi connectivity index (χ2n) is 12.5. The molecule has 0 bridgehead atoms. The van der Waals surface area contributed by atoms with Crippen LogP contribution in [-0.2, 0) is 12.8 Å². The second-order valence-corrected chi connectivity index (χ2v) is 12.5. The molecule has 2 N–H and O–H groups in total. The number of unbranched alkanes of at least 4 members (excludes halogenated alkanes) is 2. The summed E-state index contributed by atoms with van der Waals surface area (Å²) in [6.45, 7) is 6.87. The average Bonchev–Trinajstić information content (AvgIpc) is 3.34. The van der Waals surface area contributed by atoms with E-state index in [-0.39, 0.29) is 5.56 Å². The summed E-state index contributed by atoms with van der Waals surface area (Å²) >= 11 is 0. The zero-order chi connectivity index (χ0) is 29.1. The minimum absolute atomic E-state index is 0.274. The molecule has 0 spiro atoms. The Morgan fingerprint density at radius 2 is 1.26 bits per heavy atom. The molecule has 222 valence electrons. The third-order valence-corrected chi connectivity index (χ3v) is 9.79. The summed E-state index contributed by atoms with van der Waals surface area (Å²) in [7, 11) is 0. The van der Waals surface area contributed by atoms with Crippen molar-refractivity contribution in [3.05, 3.63) is 58.7 Å². The van der Waals surface area contributed by atoms with Crippen molar-refractivity contribution in [3.63, 3.8) is 0 Å². The minimum Gasteiger partial charge on any atom is -0.478 e. The SMILES string of the molecule is O=C(O)c1ccc2c(c1)-c1c(CCCCN3CCCCC3)c(CCCCN3CCCCC3)c(C(=O)O)c3cccc-2c13. The first-order valence-corrected chi connectivity index (χ1v) is 16.2. The van der Waals surface area contributed by atoms with Gasteiger partial charge in [0.25, 0.3) is 0 Å². The number of nitrogens with zero attached hydrogens (tertiary/aromatic N) is 2. The lowest BCUT2D eigenvalue weighted by Crippen LogP contribution is -2.30. The normalized spacial score (nSPS) is 17.0. The Labute approximate surface area is 249 Å². The molecule has 0 amide bonds. The van der Waals surface area contributed by atoms with Crippen LogP contribution in [0.15, 0.2) is 36.4 Å². The molecule has 42 heavy (non-hydrogen) atoms. The average molecular weight is 569 g/mol. The van der Waals surface area contributed by atoms with Gasteiger partial charge >= 0.3 is 11.9 Å². The molecular formula is C36H44N2O4. The molecule has 6 nitrogen and oxygen atoms in total. The fourth-order valence-electron chi connectivity index (χ4n) is 7.72. The molecule has 2 heterocycles. The van der Waals surface area contributed by atoms with E-state index >= 15 is 0 Å². The van der Waals surface area contributed by atoms with Crippen LogP contribution in [0, 0.1) is 0 Å². The lowest BCUT2D eigenvalue weighted by atomic mass is 9.84. The largest absolute Gasteiger partial charge is 0.478 e. The number of hydrogen-bond acceptors (Lipinski definition) is 4. The van der Waals surface area contributed by atoms with Gasteiger partial charge in [0, 0.05) is 0 Å². The monoisotopic (exact) mass is 568 g/mol. The van der Waals surface area contributed by atoms with Gasteiger partial charge in [0.1, 0.15) is 0 Å². The molecule has 0 unspecified atom stereocenters. The highest BCUT2D eigenvalue weighted by atomic mass is 16.4. The van der Waals surface area contributed by atoms with E-state index in [1.165, 1.54) is 64.7 Å². The van der Waals surface area contributed by atoms with Crippen LogP contribution < -0.4 is 0 Å². The maximum atomic E-state index is 13.0. The van der Waals surface area contributed by atoms with Crippen molar-refractivity contribution in [2.45, 2.75) is 77.0 Å². The summed E-state index contributed by atoms with van der Waals surface area (Å²) in [6, 6.07) is 11.3. The van der Waals surface area contributed by atoms with E-state index in [0.29, 0.717) is 5.56 Å². The van der Waals surface area contributed by atoms with Crippen LogP contribution in [0.5, 0.6) is 0 Å². The minimum atomic E-state index is -0.937. The van der Waals surface area contributed by atoms with Crippen LogP contribution in [0.2, 0.25) is 0 Å². The Bertz CT molecular complexity index is 1470. The molecular weight excluding hydrogens is 524 g/mol. The van der Waals surface area contributed by atoms with E-state index in [9.17, 15) is 19.8 Å². The van der Waals surface area contributed by atoms with Crippen molar-refractivity contribution in [2.75, 3.05) is 39.3 Å². The van der Waals surface area contributed by atoms with Crippen molar-refractivity contribution in [3.8, 4) is 22.3 Å². The maximum absolute atomic E-state index is 13.0. The molecule has 0 aromatic heterocycles. The Morgan fingerprint density at radius 3 is 1.86 bits per heavy atom. The van der Waals surface area contributed by atoms with Gasteiger partial charge < -0.3 is 20.0 Å². The van der Waals surface area contributed by atoms with Crippen molar-refractivity contribution in [1.82, 2.24) is 9.80 Å². The van der Waals surface area contributed by atoms with Crippen LogP contribution in [-0.4, -0.2) is 71.2 Å². The first kappa shape index (κ1) is 28.9. The molecule has 0 atom stereocenters. The standard InChI is InChI=1S/C36H44N2O4/c39-35(40)25-16-17-26-27-14-11-15-30-32(27)33(31(26)24-25)28(12-3-9-22-37-18-5-1-6-19-37)29(34(30)36(41)42)13-4-10-23-38-20-7-2-8-21-38/h11,14-17,24H,1-10,12-13,18-23H2,(H,39,40)(H,41,42). The number of fused-ring (bicyclic) bond motifs is 3. The number of carboxylic acids is 2. The lowest BCUT2D eigenvalue weighted by Gasteiger charge is -2.27. The Morgan fingerprint density at radius 1 is 0.643 bits per heavy atom. The molecule has 3 aliphatic rings. The smallest absolute Gasteiger partial charge is 0.336 e. The summed E-state index contributed by atoms with van der Waals surface area (Å²) in [6.07, 6.45) is 13.4. The van der Waals surface area contributed by atoms with Gasteiger partial charge in [-0.05, 0) is 160 Å². The van der Waals surface area contributed by atoms with Crippen molar-refractivity contribution < 1.29 is 19.8 Å². The zero-order valence-electron chi connectivity index (χ0n) is 24.8. The van der Waals surface area contributed by atoms with Gasteiger partial charge in [0.2, 0.25) is 0 Å². The van der Waals surface area contributed by atoms with Crippen LogP contribution in [0.3, 0.4) is 0 Å². The summed E-state index contributed by atoms with van der Waals surface area (Å²) in [5.74, 6) is -1.80. The topological polar surface area (TPSA) is 81.1 Å². The van der Waals surface area contributed by atoms with E-state index in [2.05, 4.69) is 15.9 Å². The molecule has 0 radical (unpaired) electrons. The van der Waals surface area contributed by atoms with Gasteiger partial charge in [-0.15, -0.1) is 0 Å². The summed E-state index contributed by atoms with van der Waals surface area (Å²) in [5, 5.41) is 22.2. The Balaban J connectivity index is 1.38. The number of piperidine rings is 2. The molecule has 2 fully saturated rings. The number of benzene rings is 3. The van der Waals surface area contributed by atoms with E-state index in [0.717, 1.165) is 95.8 Å². The summed E-state index contributed by atoms with van der Waals surface area (Å²) < 4.78 is 0. The molecule has 2 saturated heterocycles. The molecule has 3 aromatic rings. The highest BCUT2D eigenvalue weighted by molar-refractivity contribution is 6.21. The molecule has 3 aromatic carbocycles. The molecule has 0 saturated carbocycles. The van der Waals surface area contributed by atoms with Crippen LogP contribution in [0.25, 0.3) is 33.0 Å². The number of carbonyl (C=O) groups is 2. The fraction of sp³-hybridized carbons (Fsp3) is 0.500. The molecule has 2 aliphatic heterocycles. The maximum Gasteiger partial charge on any atom is 0.336 e. The number of hydrogen-bond donors (Lipinski definition) is 2. The highest BCUT2D eigenvalue weighted by Gasteiger charge is 2.31. The third-order valence-electron chi connectivity index (χ3n) is 9.79. The molecule has 6 heteroatoms. The number of carboxylic acid groups (broad SMARTS) is 2. The van der Waals surface area contributed by atoms with Gasteiger partial charge in [-0.25, -0.2) is 9.59 Å². The second kappa shape index (κ2) is 13.0. The number of rotatable bonds is 12. The number of likely N-dealkylation sites (tertiary alicyclic amines) is 2. The fourth-order valence-corrected chi connectivity index (χ4v) is 7.72. The van der Waals surface area contributed by atoms with Crippen molar-refractivity contribution in [1.29, 1.82) is 0 Å². The van der Waals surface area contributed by atoms with Crippen LogP contribution in [0.4, 0.5) is 0 Å². The predicted octanol–water partition coefficient (Wildman–Crippen LogP) is 7.50. The van der Waals surface area contributed by atoms with Crippen molar-refractivity contribution >= 4 is 22.7 Å². The first-order chi connectivity index (χ1) is 20.5. The van der Waals surface area contributed by atoms with Crippen LogP contribution in [0.1, 0.15) is 96.1 Å². The summed E-state index contributed by atoms with van der Waals surface area (Å²) in [5.41, 5.74) is 6.86. The number of aromatic carboxylic acids is 2. The first-order valence-electron chi connectivity index (χ1n) is 16.2. The van der Waals surface area contributed by atoms with Gasteiger partial charge in [-0.2, -0.15) is 0 Å². The molecule has 6 rings (SSSR count). The molecule has 1 aliphatic carbocycles. The van der Waals surface area contributed by atoms with Gasteiger partial charge in [0.05, 0.1) is 11.1 Å². The Kier molecular flexibility index (Phi) is 8.92. The van der Waals surface area contributed by atoms with E-state index in [1.54, 1.807) is 6.07 Å². The van der Waals surface area contributed by atoms with E-state index in [1.807, 2.05) is 24.3 Å². The van der Waals surface area contributed by atoms with Gasteiger partial charge in [-0.1, -0.05) is 37.1 Å². The lowest BCUT2D eigenvalue weighted by molar-refractivity contribution is 0.0686. The van der Waals surface area contributed by atoms with E-state index < -0.39 is 11.9 Å². The summed E-state index contributed by atoms with van der Waals surface area (Å²) in [4.78, 5) is 30.1. The Hall–Kier alpha value is -3.22. The van der Waals surface area contributed by atoms with E-state index in [4.69, 9.17) is 0 Å². The van der Waals surface area contributed by atoms with Crippen LogP contribution >= 0.6 is 0 Å². The predicted molar refractivity (Wildman–Crippen MR) is 169 cm³/mol. The van der Waals surface area contributed by atoms with Crippen molar-refractivity contribution in [2.24, 2.45) is 0 Å². The zero-order valence-corrected chi connectivity index (χ0v) is 24.8.